The maximum absolute atomic E-state index is 12.0. The molecule has 0 spiro atoms. The first-order valence-electron chi connectivity index (χ1n) is 8.96. The second-order valence-electron chi connectivity index (χ2n) is 6.29. The minimum atomic E-state index is -0.590. The van der Waals surface area contributed by atoms with Gasteiger partial charge in [-0.3, -0.25) is 20.2 Å². The third kappa shape index (κ3) is 5.08. The summed E-state index contributed by atoms with van der Waals surface area (Å²) in [5.41, 5.74) is 1.43. The van der Waals surface area contributed by atoms with E-state index in [1.807, 2.05) is 31.2 Å². The van der Waals surface area contributed by atoms with Gasteiger partial charge in [-0.25, -0.2) is 0 Å². The summed E-state index contributed by atoms with van der Waals surface area (Å²) in [5, 5.41) is 4.99. The number of carbonyl (C=O) groups excluding carboxylic acids is 2. The number of para-hydroxylation sites is 1. The van der Waals surface area contributed by atoms with Crippen LogP contribution in [0.1, 0.15) is 11.1 Å². The van der Waals surface area contributed by atoms with Gasteiger partial charge in [-0.2, -0.15) is 0 Å². The molecule has 0 aliphatic carbocycles. The van der Waals surface area contributed by atoms with Crippen LogP contribution >= 0.6 is 23.8 Å². The molecule has 2 amide bonds. The van der Waals surface area contributed by atoms with Crippen LogP contribution in [0.15, 0.2) is 42.0 Å². The molecule has 1 saturated heterocycles. The molecular weight excluding hydrogens is 428 g/mol. The minimum Gasteiger partial charge on any atom is -0.493 e. The number of thiocarbonyl (C=S) groups is 1. The van der Waals surface area contributed by atoms with Gasteiger partial charge in [0.1, 0.15) is 24.5 Å². The van der Waals surface area contributed by atoms with Gasteiger partial charge in [-0.1, -0.05) is 29.8 Å². The molecule has 2 aromatic rings. The number of rotatable bonds is 7. The molecule has 0 saturated carbocycles. The van der Waals surface area contributed by atoms with E-state index in [-0.39, 0.29) is 22.3 Å². The van der Waals surface area contributed by atoms with E-state index in [1.54, 1.807) is 12.1 Å². The van der Waals surface area contributed by atoms with Crippen LogP contribution in [-0.4, -0.2) is 37.3 Å². The topological polar surface area (TPSA) is 85.9 Å². The van der Waals surface area contributed by atoms with Crippen molar-refractivity contribution in [3.63, 3.8) is 0 Å². The Bertz CT molecular complexity index is 1020. The van der Waals surface area contributed by atoms with E-state index in [0.29, 0.717) is 23.7 Å². The highest BCUT2D eigenvalue weighted by molar-refractivity contribution is 7.80. The Balaban J connectivity index is 1.72. The quantitative estimate of drug-likeness (QED) is 0.294. The molecule has 0 atom stereocenters. The van der Waals surface area contributed by atoms with E-state index in [2.05, 4.69) is 10.6 Å². The predicted octanol–water partition coefficient (Wildman–Crippen LogP) is 3.03. The summed E-state index contributed by atoms with van der Waals surface area (Å²) >= 11 is 11.1. The zero-order chi connectivity index (χ0) is 21.7. The highest BCUT2D eigenvalue weighted by atomic mass is 35.5. The van der Waals surface area contributed by atoms with Crippen molar-refractivity contribution >= 4 is 46.8 Å². The van der Waals surface area contributed by atoms with Crippen LogP contribution < -0.4 is 24.8 Å². The molecule has 7 nitrogen and oxygen atoms in total. The van der Waals surface area contributed by atoms with Crippen molar-refractivity contribution in [2.75, 3.05) is 20.3 Å². The SMILES string of the molecule is COc1cc(C=C2C(=O)NC(=S)NC2=O)cc(Cl)c1OCCOc1ccccc1C. The second kappa shape index (κ2) is 9.60. The molecule has 2 N–H and O–H groups in total. The Morgan fingerprint density at radius 1 is 1.03 bits per heavy atom. The summed E-state index contributed by atoms with van der Waals surface area (Å²) in [5.74, 6) is 0.301. The lowest BCUT2D eigenvalue weighted by atomic mass is 10.1. The van der Waals surface area contributed by atoms with Crippen molar-refractivity contribution in [3.05, 3.63) is 58.1 Å². The second-order valence-corrected chi connectivity index (χ2v) is 7.11. The van der Waals surface area contributed by atoms with Crippen molar-refractivity contribution in [2.45, 2.75) is 6.92 Å². The molecule has 9 heteroatoms. The van der Waals surface area contributed by atoms with Gasteiger partial charge in [0.2, 0.25) is 0 Å². The summed E-state index contributed by atoms with van der Waals surface area (Å²) in [7, 11) is 1.47. The number of nitrogens with one attached hydrogen (secondary N) is 2. The Morgan fingerprint density at radius 2 is 1.70 bits per heavy atom. The molecule has 156 valence electrons. The monoisotopic (exact) mass is 446 g/mol. The molecule has 1 aliphatic rings. The van der Waals surface area contributed by atoms with Gasteiger partial charge in [-0.15, -0.1) is 0 Å². The van der Waals surface area contributed by atoms with E-state index in [1.165, 1.54) is 13.2 Å². The lowest BCUT2D eigenvalue weighted by Crippen LogP contribution is -2.51. The normalized spacial score (nSPS) is 13.4. The molecule has 0 bridgehead atoms. The fourth-order valence-electron chi connectivity index (χ4n) is 2.75. The maximum atomic E-state index is 12.0. The molecule has 3 rings (SSSR count). The molecule has 2 aromatic carbocycles. The van der Waals surface area contributed by atoms with Crippen LogP contribution in [0, 0.1) is 6.92 Å². The van der Waals surface area contributed by atoms with Gasteiger partial charge >= 0.3 is 0 Å². The van der Waals surface area contributed by atoms with Crippen LogP contribution in [0.2, 0.25) is 5.02 Å². The Kier molecular flexibility index (Phi) is 6.91. The standard InChI is InChI=1S/C21H19ClN2O5S/c1-12-5-3-4-6-16(12)28-7-8-29-18-15(22)10-13(11-17(18)27-2)9-14-19(25)23-21(30)24-20(14)26/h3-6,9-11H,7-8H2,1-2H3,(H2,23,24,25,26,30). The highest BCUT2D eigenvalue weighted by Gasteiger charge is 2.26. The lowest BCUT2D eigenvalue weighted by Gasteiger charge is -2.17. The fraction of sp³-hybridized carbons (Fsp3) is 0.190. The van der Waals surface area contributed by atoms with E-state index < -0.39 is 11.8 Å². The van der Waals surface area contributed by atoms with Crippen molar-refractivity contribution in [2.24, 2.45) is 0 Å². The summed E-state index contributed by atoms with van der Waals surface area (Å²) in [6, 6.07) is 10.9. The van der Waals surface area contributed by atoms with Crippen LogP contribution in [-0.2, 0) is 9.59 Å². The summed E-state index contributed by atoms with van der Waals surface area (Å²) in [6.07, 6.45) is 1.39. The number of aryl methyl sites for hydroxylation is 1. The molecule has 1 aliphatic heterocycles. The lowest BCUT2D eigenvalue weighted by molar-refractivity contribution is -0.123. The average Bonchev–Trinajstić information content (AvgIpc) is 2.70. The molecular formula is C21H19ClN2O5S. The molecule has 1 fully saturated rings. The van der Waals surface area contributed by atoms with Gasteiger partial charge < -0.3 is 14.2 Å². The average molecular weight is 447 g/mol. The number of halogens is 1. The number of amides is 2. The van der Waals surface area contributed by atoms with Crippen molar-refractivity contribution in [3.8, 4) is 17.2 Å². The third-order valence-corrected chi connectivity index (χ3v) is 4.67. The third-order valence-electron chi connectivity index (χ3n) is 4.19. The predicted molar refractivity (Wildman–Crippen MR) is 117 cm³/mol. The zero-order valence-corrected chi connectivity index (χ0v) is 17.9. The first kappa shape index (κ1) is 21.6. The highest BCUT2D eigenvalue weighted by Crippen LogP contribution is 2.37. The Hall–Kier alpha value is -3.10. The number of hydrogen-bond donors (Lipinski definition) is 2. The Labute approximate surface area is 184 Å². The molecule has 0 unspecified atom stereocenters. The van der Waals surface area contributed by atoms with E-state index in [0.717, 1.165) is 11.3 Å². The zero-order valence-electron chi connectivity index (χ0n) is 16.3. The van der Waals surface area contributed by atoms with Gasteiger partial charge in [0, 0.05) is 0 Å². The number of carbonyl (C=O) groups is 2. The number of ether oxygens (including phenoxy) is 3. The summed E-state index contributed by atoms with van der Waals surface area (Å²) in [6.45, 7) is 2.52. The van der Waals surface area contributed by atoms with Gasteiger partial charge in [0.05, 0.1) is 12.1 Å². The van der Waals surface area contributed by atoms with E-state index in [9.17, 15) is 9.59 Å². The largest absolute Gasteiger partial charge is 0.493 e. The van der Waals surface area contributed by atoms with Crippen molar-refractivity contribution in [1.29, 1.82) is 0 Å². The minimum absolute atomic E-state index is 0.0329. The van der Waals surface area contributed by atoms with Gasteiger partial charge in [0.25, 0.3) is 11.8 Å². The number of benzene rings is 2. The van der Waals surface area contributed by atoms with Gasteiger partial charge in [0.15, 0.2) is 16.6 Å². The van der Waals surface area contributed by atoms with E-state index >= 15 is 0 Å². The molecule has 30 heavy (non-hydrogen) atoms. The van der Waals surface area contributed by atoms with Crippen LogP contribution in [0.25, 0.3) is 6.08 Å². The van der Waals surface area contributed by atoms with Crippen LogP contribution in [0.5, 0.6) is 17.2 Å². The van der Waals surface area contributed by atoms with Crippen LogP contribution in [0.3, 0.4) is 0 Å². The van der Waals surface area contributed by atoms with Crippen molar-refractivity contribution < 1.29 is 23.8 Å². The summed E-state index contributed by atoms with van der Waals surface area (Å²) in [4.78, 5) is 24.0. The first-order chi connectivity index (χ1) is 14.4. The molecule has 1 heterocycles. The molecule has 0 aromatic heterocycles. The van der Waals surface area contributed by atoms with Crippen LogP contribution in [0.4, 0.5) is 0 Å². The van der Waals surface area contributed by atoms with E-state index in [4.69, 9.17) is 38.0 Å². The Morgan fingerprint density at radius 3 is 2.37 bits per heavy atom. The number of hydrogen-bond acceptors (Lipinski definition) is 6. The smallest absolute Gasteiger partial charge is 0.263 e. The molecule has 0 radical (unpaired) electrons. The van der Waals surface area contributed by atoms with Gasteiger partial charge in [-0.05, 0) is 54.5 Å². The first-order valence-corrected chi connectivity index (χ1v) is 9.74. The van der Waals surface area contributed by atoms with Crippen molar-refractivity contribution in [1.82, 2.24) is 10.6 Å². The number of methoxy groups -OCH3 is 1. The fourth-order valence-corrected chi connectivity index (χ4v) is 3.21. The maximum Gasteiger partial charge on any atom is 0.263 e. The summed E-state index contributed by atoms with van der Waals surface area (Å²) < 4.78 is 16.8.